The first-order valence-electron chi connectivity index (χ1n) is 5.17. The Morgan fingerprint density at radius 1 is 1.41 bits per heavy atom. The summed E-state index contributed by atoms with van der Waals surface area (Å²) in [7, 11) is 0. The van der Waals surface area contributed by atoms with Crippen LogP contribution in [0.2, 0.25) is 0 Å². The number of ether oxygens (including phenoxy) is 1. The highest BCUT2D eigenvalue weighted by Gasteiger charge is 2.19. The normalized spacial score (nSPS) is 12.6. The van der Waals surface area contributed by atoms with E-state index in [1.54, 1.807) is 24.5 Å². The van der Waals surface area contributed by atoms with Crippen LogP contribution in [0.4, 0.5) is 0 Å². The van der Waals surface area contributed by atoms with Gasteiger partial charge in [0, 0.05) is 30.0 Å². The van der Waals surface area contributed by atoms with E-state index in [9.17, 15) is 0 Å². The van der Waals surface area contributed by atoms with Crippen molar-refractivity contribution in [3.05, 3.63) is 41.4 Å². The van der Waals surface area contributed by atoms with E-state index in [1.807, 2.05) is 19.1 Å². The van der Waals surface area contributed by atoms with Gasteiger partial charge in [-0.25, -0.2) is 0 Å². The second-order valence-corrected chi connectivity index (χ2v) is 3.45. The summed E-state index contributed by atoms with van der Waals surface area (Å²) in [4.78, 5) is 3.99. The maximum atomic E-state index is 8.94. The Bertz CT molecular complexity index is 584. The Morgan fingerprint density at radius 2 is 2.18 bits per heavy atom. The van der Waals surface area contributed by atoms with E-state index in [0.717, 1.165) is 5.76 Å². The van der Waals surface area contributed by atoms with Gasteiger partial charge in [-0.15, -0.1) is 0 Å². The van der Waals surface area contributed by atoms with Crippen LogP contribution in [0.25, 0.3) is 5.57 Å². The zero-order valence-electron chi connectivity index (χ0n) is 9.27. The molecule has 0 fully saturated rings. The van der Waals surface area contributed by atoms with Gasteiger partial charge < -0.3 is 4.74 Å². The molecule has 0 amide bonds. The second kappa shape index (κ2) is 4.51. The van der Waals surface area contributed by atoms with Crippen molar-refractivity contribution >= 4 is 5.57 Å². The third-order valence-electron chi connectivity index (χ3n) is 2.46. The fourth-order valence-electron chi connectivity index (χ4n) is 1.61. The zero-order chi connectivity index (χ0) is 12.3. The highest BCUT2D eigenvalue weighted by atomic mass is 16.5. The average molecular weight is 223 g/mol. The number of hydrogen-bond acceptors (Lipinski definition) is 4. The van der Waals surface area contributed by atoms with Crippen LogP contribution >= 0.6 is 0 Å². The molecule has 0 spiro atoms. The van der Waals surface area contributed by atoms with Crippen molar-refractivity contribution < 1.29 is 4.74 Å². The number of allylic oxidation sites excluding steroid dienone is 4. The van der Waals surface area contributed by atoms with Gasteiger partial charge in [0.2, 0.25) is 0 Å². The standard InChI is InChI=1S/C13H9N3O/c1-2-10-5-11(9(6-14)7-15)12-8-16-4-3-13(12)17-10/h3-5,8H,2H2,1H3. The van der Waals surface area contributed by atoms with E-state index >= 15 is 0 Å². The first-order valence-corrected chi connectivity index (χ1v) is 5.17. The Balaban J connectivity index is 2.69. The maximum Gasteiger partial charge on any atom is 0.137 e. The Labute approximate surface area is 99.1 Å². The van der Waals surface area contributed by atoms with Crippen molar-refractivity contribution in [3.8, 4) is 17.9 Å². The van der Waals surface area contributed by atoms with E-state index in [1.165, 1.54) is 0 Å². The highest BCUT2D eigenvalue weighted by molar-refractivity contribution is 5.85. The predicted octanol–water partition coefficient (Wildman–Crippen LogP) is 2.57. The Hall–Kier alpha value is -2.59. The molecule has 0 N–H and O–H groups in total. The second-order valence-electron chi connectivity index (χ2n) is 3.45. The van der Waals surface area contributed by atoms with Crippen LogP contribution in [0.5, 0.6) is 5.75 Å². The maximum absolute atomic E-state index is 8.94. The van der Waals surface area contributed by atoms with Crippen molar-refractivity contribution in [2.75, 3.05) is 0 Å². The molecule has 1 aliphatic heterocycles. The lowest BCUT2D eigenvalue weighted by atomic mass is 9.98. The summed E-state index contributed by atoms with van der Waals surface area (Å²) >= 11 is 0. The summed E-state index contributed by atoms with van der Waals surface area (Å²) < 4.78 is 5.62. The van der Waals surface area contributed by atoms with Gasteiger partial charge in [0.15, 0.2) is 0 Å². The summed E-state index contributed by atoms with van der Waals surface area (Å²) in [6, 6.07) is 5.52. The molecule has 0 aliphatic carbocycles. The summed E-state index contributed by atoms with van der Waals surface area (Å²) in [5.74, 6) is 1.37. The molecule has 1 aliphatic rings. The van der Waals surface area contributed by atoms with Crippen molar-refractivity contribution in [1.29, 1.82) is 10.5 Å². The number of fused-ring (bicyclic) bond motifs is 1. The van der Waals surface area contributed by atoms with Crippen molar-refractivity contribution in [1.82, 2.24) is 4.98 Å². The summed E-state index contributed by atoms with van der Waals surface area (Å²) in [5, 5.41) is 17.9. The number of nitriles is 2. The minimum atomic E-state index is 0.0773. The molecule has 0 saturated carbocycles. The highest BCUT2D eigenvalue weighted by Crippen LogP contribution is 2.35. The molecule has 0 atom stereocenters. The number of hydrogen-bond donors (Lipinski definition) is 0. The van der Waals surface area contributed by atoms with Crippen molar-refractivity contribution in [2.24, 2.45) is 0 Å². The fourth-order valence-corrected chi connectivity index (χ4v) is 1.61. The SMILES string of the molecule is CCC1=CC(=C(C#N)C#N)c2cnccc2O1. The monoisotopic (exact) mass is 223 g/mol. The van der Waals surface area contributed by atoms with E-state index in [4.69, 9.17) is 15.3 Å². The van der Waals surface area contributed by atoms with Crippen molar-refractivity contribution in [2.45, 2.75) is 13.3 Å². The molecule has 0 aromatic carbocycles. The van der Waals surface area contributed by atoms with Crippen LogP contribution in [0, 0.1) is 22.7 Å². The molecule has 17 heavy (non-hydrogen) atoms. The first-order chi connectivity index (χ1) is 8.30. The van der Waals surface area contributed by atoms with Gasteiger partial charge in [0.1, 0.15) is 29.2 Å². The first kappa shape index (κ1) is 10.9. The topological polar surface area (TPSA) is 69.7 Å². The van der Waals surface area contributed by atoms with Crippen LogP contribution in [-0.2, 0) is 0 Å². The molecule has 0 bridgehead atoms. The number of nitrogens with zero attached hydrogens (tertiary/aromatic N) is 3. The van der Waals surface area contributed by atoms with Crippen molar-refractivity contribution in [3.63, 3.8) is 0 Å². The minimum Gasteiger partial charge on any atom is -0.461 e. The van der Waals surface area contributed by atoms with Crippen LogP contribution in [0.3, 0.4) is 0 Å². The van der Waals surface area contributed by atoms with Crippen LogP contribution < -0.4 is 4.74 Å². The predicted molar refractivity (Wildman–Crippen MR) is 61.4 cm³/mol. The number of rotatable bonds is 1. The number of pyridine rings is 1. The molecule has 0 unspecified atom stereocenters. The van der Waals surface area contributed by atoms with Gasteiger partial charge in [0.05, 0.1) is 0 Å². The Kier molecular flexibility index (Phi) is 2.89. The van der Waals surface area contributed by atoms with Crippen LogP contribution in [0.1, 0.15) is 18.9 Å². The third kappa shape index (κ3) is 1.89. The molecule has 4 nitrogen and oxygen atoms in total. The lowest BCUT2D eigenvalue weighted by molar-refractivity contribution is 0.404. The van der Waals surface area contributed by atoms with Gasteiger partial charge in [-0.3, -0.25) is 4.98 Å². The molecule has 0 radical (unpaired) electrons. The zero-order valence-corrected chi connectivity index (χ0v) is 9.27. The van der Waals surface area contributed by atoms with Crippen LogP contribution in [-0.4, -0.2) is 4.98 Å². The van der Waals surface area contributed by atoms with Gasteiger partial charge in [0.25, 0.3) is 0 Å². The van der Waals surface area contributed by atoms with Gasteiger partial charge >= 0.3 is 0 Å². The molecule has 4 heteroatoms. The molecule has 2 heterocycles. The smallest absolute Gasteiger partial charge is 0.137 e. The van der Waals surface area contributed by atoms with E-state index in [2.05, 4.69) is 4.98 Å². The van der Waals surface area contributed by atoms with Crippen LogP contribution in [0.15, 0.2) is 35.9 Å². The summed E-state index contributed by atoms with van der Waals surface area (Å²) in [5.41, 5.74) is 1.34. The molecule has 82 valence electrons. The lowest BCUT2D eigenvalue weighted by Gasteiger charge is -2.18. The van der Waals surface area contributed by atoms with Gasteiger partial charge in [-0.05, 0) is 12.1 Å². The van der Waals surface area contributed by atoms with E-state index < -0.39 is 0 Å². The largest absolute Gasteiger partial charge is 0.461 e. The fraction of sp³-hybridized carbons (Fsp3) is 0.154. The summed E-state index contributed by atoms with van der Waals surface area (Å²) in [6.07, 6.45) is 5.65. The molecular formula is C13H9N3O. The number of aromatic nitrogens is 1. The quantitative estimate of drug-likeness (QED) is 0.686. The lowest BCUT2D eigenvalue weighted by Crippen LogP contribution is -2.05. The summed E-state index contributed by atoms with van der Waals surface area (Å²) in [6.45, 7) is 1.95. The van der Waals surface area contributed by atoms with E-state index in [0.29, 0.717) is 23.3 Å². The van der Waals surface area contributed by atoms with Gasteiger partial charge in [-0.2, -0.15) is 10.5 Å². The Morgan fingerprint density at radius 3 is 2.82 bits per heavy atom. The van der Waals surface area contributed by atoms with Gasteiger partial charge in [-0.1, -0.05) is 6.92 Å². The van der Waals surface area contributed by atoms with E-state index in [-0.39, 0.29) is 5.57 Å². The third-order valence-corrected chi connectivity index (χ3v) is 2.46. The molecule has 1 aromatic heterocycles. The molecular weight excluding hydrogens is 214 g/mol. The molecule has 0 saturated heterocycles. The average Bonchev–Trinajstić information content (AvgIpc) is 2.39. The molecule has 1 aromatic rings. The minimum absolute atomic E-state index is 0.0773. The molecule has 2 rings (SSSR count).